The van der Waals surface area contributed by atoms with E-state index >= 15 is 0 Å². The van der Waals surface area contributed by atoms with E-state index in [-0.39, 0.29) is 10.9 Å². The highest BCUT2D eigenvalue weighted by Gasteiger charge is 2.37. The molecule has 7 heteroatoms. The van der Waals surface area contributed by atoms with Crippen molar-refractivity contribution in [2.24, 2.45) is 0 Å². The Kier molecular flexibility index (Phi) is 4.20. The maximum atomic E-state index is 13.1. The molecule has 0 radical (unpaired) electrons. The second kappa shape index (κ2) is 6.41. The Labute approximate surface area is 152 Å². The van der Waals surface area contributed by atoms with Crippen molar-refractivity contribution in [1.82, 2.24) is 9.29 Å². The smallest absolute Gasteiger partial charge is 0.243 e. The number of hydrogen-bond acceptors (Lipinski definition) is 5. The van der Waals surface area contributed by atoms with Crippen LogP contribution in [0.1, 0.15) is 36.3 Å². The van der Waals surface area contributed by atoms with Crippen LogP contribution in [-0.4, -0.2) is 24.3 Å². The molecule has 0 saturated carbocycles. The number of aromatic nitrogens is 1. The lowest BCUT2D eigenvalue weighted by Crippen LogP contribution is -2.30. The molecule has 1 aromatic carbocycles. The van der Waals surface area contributed by atoms with Crippen LogP contribution in [0.4, 0.5) is 0 Å². The van der Waals surface area contributed by atoms with Gasteiger partial charge in [0.2, 0.25) is 10.0 Å². The Hall–Kier alpha value is -2.38. The van der Waals surface area contributed by atoms with Crippen molar-refractivity contribution in [2.75, 3.05) is 6.54 Å². The van der Waals surface area contributed by atoms with Gasteiger partial charge >= 0.3 is 0 Å². The van der Waals surface area contributed by atoms with Crippen LogP contribution in [0.3, 0.4) is 0 Å². The molecule has 3 heterocycles. The summed E-state index contributed by atoms with van der Waals surface area (Å²) in [5.74, 6) is 2.07. The van der Waals surface area contributed by atoms with Gasteiger partial charge in [-0.25, -0.2) is 13.4 Å². The summed E-state index contributed by atoms with van der Waals surface area (Å²) in [6.45, 7) is 4.13. The maximum absolute atomic E-state index is 13.1. The molecule has 136 valence electrons. The summed E-state index contributed by atoms with van der Waals surface area (Å²) in [4.78, 5) is 4.54. The van der Waals surface area contributed by atoms with Crippen LogP contribution in [0.2, 0.25) is 0 Å². The van der Waals surface area contributed by atoms with Crippen molar-refractivity contribution in [2.45, 2.75) is 37.6 Å². The topological polar surface area (TPSA) is 76.6 Å². The third kappa shape index (κ3) is 2.97. The third-order valence-corrected chi connectivity index (χ3v) is 6.59. The fraction of sp³-hybridized carbons (Fsp3) is 0.316. The highest BCUT2D eigenvalue weighted by molar-refractivity contribution is 7.89. The van der Waals surface area contributed by atoms with Gasteiger partial charge < -0.3 is 8.83 Å². The van der Waals surface area contributed by atoms with Crippen molar-refractivity contribution in [3.05, 3.63) is 60.1 Å². The molecule has 0 amide bonds. The SMILES string of the molecule is Cc1ccc(C2CCCN2S(=O)(=O)c2ccc(-c3coc(C)n3)cc2)o1. The second-order valence-corrected chi connectivity index (χ2v) is 8.39. The van der Waals surface area contributed by atoms with Crippen LogP contribution in [0.15, 0.2) is 56.4 Å². The fourth-order valence-electron chi connectivity index (χ4n) is 3.37. The molecule has 26 heavy (non-hydrogen) atoms. The monoisotopic (exact) mass is 372 g/mol. The van der Waals surface area contributed by atoms with Crippen LogP contribution in [-0.2, 0) is 10.0 Å². The normalized spacial score (nSPS) is 18.5. The van der Waals surface area contributed by atoms with E-state index < -0.39 is 10.0 Å². The summed E-state index contributed by atoms with van der Waals surface area (Å²) in [5.41, 5.74) is 1.51. The Morgan fingerprint density at radius 3 is 2.50 bits per heavy atom. The molecule has 0 spiro atoms. The number of hydrogen-bond donors (Lipinski definition) is 0. The Morgan fingerprint density at radius 2 is 1.88 bits per heavy atom. The van der Waals surface area contributed by atoms with E-state index in [1.165, 1.54) is 0 Å². The second-order valence-electron chi connectivity index (χ2n) is 6.50. The van der Waals surface area contributed by atoms with E-state index in [4.69, 9.17) is 8.83 Å². The van der Waals surface area contributed by atoms with Crippen molar-refractivity contribution in [3.8, 4) is 11.3 Å². The minimum absolute atomic E-state index is 0.244. The first kappa shape index (κ1) is 17.1. The van der Waals surface area contributed by atoms with E-state index in [0.717, 1.165) is 24.2 Å². The van der Waals surface area contributed by atoms with E-state index in [1.807, 2.05) is 19.1 Å². The number of nitrogens with zero attached hydrogens (tertiary/aromatic N) is 2. The van der Waals surface area contributed by atoms with Crippen molar-refractivity contribution < 1.29 is 17.3 Å². The third-order valence-electron chi connectivity index (χ3n) is 4.67. The van der Waals surface area contributed by atoms with Crippen LogP contribution in [0, 0.1) is 13.8 Å². The summed E-state index contributed by atoms with van der Waals surface area (Å²) in [6, 6.07) is 10.2. The molecule has 1 fully saturated rings. The Morgan fingerprint density at radius 1 is 1.12 bits per heavy atom. The molecule has 3 aromatic rings. The van der Waals surface area contributed by atoms with Crippen LogP contribution in [0.5, 0.6) is 0 Å². The van der Waals surface area contributed by atoms with Gasteiger partial charge in [-0.2, -0.15) is 4.31 Å². The lowest BCUT2D eigenvalue weighted by molar-refractivity contribution is 0.334. The van der Waals surface area contributed by atoms with Crippen molar-refractivity contribution in [3.63, 3.8) is 0 Å². The zero-order chi connectivity index (χ0) is 18.3. The quantitative estimate of drug-likeness (QED) is 0.690. The fourth-order valence-corrected chi connectivity index (χ4v) is 5.04. The number of aryl methyl sites for hydroxylation is 2. The summed E-state index contributed by atoms with van der Waals surface area (Å²) in [7, 11) is -3.59. The lowest BCUT2D eigenvalue weighted by Gasteiger charge is -2.22. The van der Waals surface area contributed by atoms with E-state index in [2.05, 4.69) is 4.98 Å². The van der Waals surface area contributed by atoms with Crippen LogP contribution >= 0.6 is 0 Å². The number of rotatable bonds is 4. The van der Waals surface area contributed by atoms with Gasteiger partial charge in [0.15, 0.2) is 5.89 Å². The minimum Gasteiger partial charge on any atom is -0.465 e. The first-order valence-electron chi connectivity index (χ1n) is 8.56. The Balaban J connectivity index is 1.63. The summed E-state index contributed by atoms with van der Waals surface area (Å²) in [5, 5.41) is 0. The van der Waals surface area contributed by atoms with Crippen molar-refractivity contribution >= 4 is 10.0 Å². The zero-order valence-electron chi connectivity index (χ0n) is 14.7. The lowest BCUT2D eigenvalue weighted by atomic mass is 10.2. The molecule has 0 aliphatic carbocycles. The predicted molar refractivity (Wildman–Crippen MR) is 96.0 cm³/mol. The highest BCUT2D eigenvalue weighted by Crippen LogP contribution is 2.37. The summed E-state index contributed by atoms with van der Waals surface area (Å²) in [6.07, 6.45) is 3.15. The standard InChI is InChI=1S/C19H20N2O4S/c1-13-5-10-19(25-13)18-4-3-11-21(18)26(22,23)16-8-6-15(7-9-16)17-12-24-14(2)20-17/h5-10,12,18H,3-4,11H2,1-2H3. The average Bonchev–Trinajstić information content (AvgIpc) is 3.35. The van der Waals surface area contributed by atoms with Gasteiger partial charge in [-0.3, -0.25) is 0 Å². The molecule has 1 aliphatic heterocycles. The number of furan rings is 1. The minimum atomic E-state index is -3.59. The average molecular weight is 372 g/mol. The largest absolute Gasteiger partial charge is 0.465 e. The molecule has 1 aliphatic rings. The van der Waals surface area contributed by atoms with Gasteiger partial charge in [-0.1, -0.05) is 12.1 Å². The molecular weight excluding hydrogens is 352 g/mol. The molecule has 1 atom stereocenters. The van der Waals surface area contributed by atoms with Crippen LogP contribution in [0.25, 0.3) is 11.3 Å². The number of benzene rings is 1. The first-order chi connectivity index (χ1) is 12.4. The molecule has 0 bridgehead atoms. The molecule has 4 rings (SSSR count). The van der Waals surface area contributed by atoms with E-state index in [1.54, 1.807) is 41.8 Å². The molecule has 2 aromatic heterocycles. The van der Waals surface area contributed by atoms with Gasteiger partial charge in [-0.05, 0) is 44.0 Å². The van der Waals surface area contributed by atoms with Gasteiger partial charge in [0.05, 0.1) is 10.9 Å². The molecule has 1 unspecified atom stereocenters. The molecule has 0 N–H and O–H groups in total. The molecule has 6 nitrogen and oxygen atoms in total. The first-order valence-corrected chi connectivity index (χ1v) is 10.00. The van der Waals surface area contributed by atoms with Gasteiger partial charge in [0, 0.05) is 19.0 Å². The zero-order valence-corrected chi connectivity index (χ0v) is 15.5. The summed E-state index contributed by atoms with van der Waals surface area (Å²) >= 11 is 0. The highest BCUT2D eigenvalue weighted by atomic mass is 32.2. The van der Waals surface area contributed by atoms with E-state index in [0.29, 0.717) is 23.9 Å². The van der Waals surface area contributed by atoms with Gasteiger partial charge in [0.1, 0.15) is 23.5 Å². The van der Waals surface area contributed by atoms with Crippen LogP contribution < -0.4 is 0 Å². The number of sulfonamides is 1. The van der Waals surface area contributed by atoms with E-state index in [9.17, 15) is 8.42 Å². The maximum Gasteiger partial charge on any atom is 0.243 e. The Bertz CT molecular complexity index is 1020. The van der Waals surface area contributed by atoms with Gasteiger partial charge in [0.25, 0.3) is 0 Å². The molecular formula is C19H20N2O4S. The number of oxazole rings is 1. The molecule has 1 saturated heterocycles. The predicted octanol–water partition coefficient (Wildman–Crippen LogP) is 4.08. The van der Waals surface area contributed by atoms with Crippen molar-refractivity contribution in [1.29, 1.82) is 0 Å². The van der Waals surface area contributed by atoms with Gasteiger partial charge in [-0.15, -0.1) is 0 Å². The summed E-state index contributed by atoms with van der Waals surface area (Å²) < 4.78 is 38.7.